The van der Waals surface area contributed by atoms with Crippen molar-refractivity contribution >= 4 is 28.3 Å². The van der Waals surface area contributed by atoms with E-state index in [-0.39, 0.29) is 17.8 Å². The largest absolute Gasteiger partial charge is 0.460 e. The van der Waals surface area contributed by atoms with E-state index < -0.39 is 11.5 Å². The van der Waals surface area contributed by atoms with Crippen LogP contribution in [0.3, 0.4) is 0 Å². The molecule has 4 atom stereocenters. The number of anilines is 1. The van der Waals surface area contributed by atoms with Crippen molar-refractivity contribution in [2.24, 2.45) is 17.8 Å². The smallest absolute Gasteiger partial charge is 0.345 e. The molecule has 6 rings (SSSR count). The molecule has 1 N–H and O–H groups in total. The molecule has 200 valence electrons. The Morgan fingerprint density at radius 1 is 1.00 bits per heavy atom. The summed E-state index contributed by atoms with van der Waals surface area (Å²) in [7, 11) is 0. The Morgan fingerprint density at radius 3 is 2.49 bits per heavy atom. The molecule has 0 spiro atoms. The van der Waals surface area contributed by atoms with E-state index in [2.05, 4.69) is 42.8 Å². The second-order valence-electron chi connectivity index (χ2n) is 11.7. The molecule has 0 saturated heterocycles. The Labute approximate surface area is 230 Å². The van der Waals surface area contributed by atoms with Gasteiger partial charge in [0.25, 0.3) is 0 Å². The average molecular weight is 521 g/mol. The van der Waals surface area contributed by atoms with Crippen LogP contribution in [0.5, 0.6) is 0 Å². The molecule has 1 fully saturated rings. The van der Waals surface area contributed by atoms with Crippen LogP contribution in [0.25, 0.3) is 10.9 Å². The normalized spacial score (nSPS) is 24.5. The van der Waals surface area contributed by atoms with Crippen LogP contribution in [0.4, 0.5) is 5.69 Å². The third kappa shape index (κ3) is 4.34. The molecular formula is C34H36N2O3. The molecule has 1 saturated carbocycles. The lowest BCUT2D eigenvalue weighted by molar-refractivity contribution is -0.159. The highest BCUT2D eigenvalue weighted by molar-refractivity contribution is 6.26. The highest BCUT2D eigenvalue weighted by atomic mass is 16.5. The number of hydrogen-bond acceptors (Lipinski definition) is 4. The van der Waals surface area contributed by atoms with Gasteiger partial charge in [-0.2, -0.15) is 0 Å². The summed E-state index contributed by atoms with van der Waals surface area (Å²) in [5, 5.41) is 4.26. The zero-order valence-corrected chi connectivity index (χ0v) is 22.9. The summed E-state index contributed by atoms with van der Waals surface area (Å²) in [6.07, 6.45) is 4.74. The van der Waals surface area contributed by atoms with Gasteiger partial charge in [-0.25, -0.2) is 4.79 Å². The maximum absolute atomic E-state index is 14.5. The Hall–Kier alpha value is -3.86. The minimum Gasteiger partial charge on any atom is -0.460 e. The minimum atomic E-state index is -1.65. The van der Waals surface area contributed by atoms with E-state index >= 15 is 0 Å². The van der Waals surface area contributed by atoms with Crippen LogP contribution in [-0.4, -0.2) is 22.4 Å². The van der Waals surface area contributed by atoms with Gasteiger partial charge in [-0.3, -0.25) is 4.79 Å². The second-order valence-corrected chi connectivity index (χ2v) is 11.7. The number of rotatable bonds is 6. The lowest BCUT2D eigenvalue weighted by Gasteiger charge is -2.38. The number of aromatic nitrogens is 1. The number of hydrogen-bond donors (Lipinski definition) is 1. The molecule has 2 heterocycles. The Bertz CT molecular complexity index is 1520. The minimum absolute atomic E-state index is 0.214. The van der Waals surface area contributed by atoms with E-state index in [1.54, 1.807) is 6.07 Å². The lowest BCUT2D eigenvalue weighted by Crippen LogP contribution is -2.50. The Morgan fingerprint density at radius 2 is 1.72 bits per heavy atom. The monoisotopic (exact) mass is 520 g/mol. The van der Waals surface area contributed by atoms with Crippen LogP contribution >= 0.6 is 0 Å². The lowest BCUT2D eigenvalue weighted by atomic mass is 9.75. The number of esters is 1. The first kappa shape index (κ1) is 25.4. The molecule has 2 aliphatic rings. The number of ketones is 1. The fraction of sp³-hybridized carbons (Fsp3) is 0.353. The summed E-state index contributed by atoms with van der Waals surface area (Å²) in [4.78, 5) is 28.8. The molecule has 1 unspecified atom stereocenters. The van der Waals surface area contributed by atoms with Crippen molar-refractivity contribution in [2.45, 2.75) is 58.2 Å². The van der Waals surface area contributed by atoms with E-state index in [1.807, 2.05) is 66.9 Å². The topological polar surface area (TPSA) is 60.3 Å². The summed E-state index contributed by atoms with van der Waals surface area (Å²) >= 11 is 0. The van der Waals surface area contributed by atoms with Crippen LogP contribution in [0, 0.1) is 17.8 Å². The van der Waals surface area contributed by atoms with Gasteiger partial charge in [0.05, 0.1) is 0 Å². The summed E-state index contributed by atoms with van der Waals surface area (Å²) < 4.78 is 8.56. The summed E-state index contributed by atoms with van der Waals surface area (Å²) in [6, 6.07) is 25.6. The van der Waals surface area contributed by atoms with Crippen LogP contribution in [-0.2, 0) is 21.6 Å². The average Bonchev–Trinajstić information content (AvgIpc) is 3.45. The van der Waals surface area contributed by atoms with Gasteiger partial charge in [0.1, 0.15) is 6.10 Å². The summed E-state index contributed by atoms with van der Waals surface area (Å²) in [5.74, 6) is 0.390. The number of ether oxygens (including phenoxy) is 1. The number of carbonyl (C=O) groups excluding carboxylic acids is 2. The summed E-state index contributed by atoms with van der Waals surface area (Å²) in [5.41, 5.74) is 2.30. The van der Waals surface area contributed by atoms with Crippen molar-refractivity contribution in [1.82, 2.24) is 4.57 Å². The van der Waals surface area contributed by atoms with E-state index in [4.69, 9.17) is 4.74 Å². The van der Waals surface area contributed by atoms with Gasteiger partial charge in [-0.1, -0.05) is 87.9 Å². The van der Waals surface area contributed by atoms with Crippen molar-refractivity contribution < 1.29 is 14.3 Å². The first-order chi connectivity index (χ1) is 18.9. The third-order valence-electron chi connectivity index (χ3n) is 8.75. The van der Waals surface area contributed by atoms with Gasteiger partial charge in [0, 0.05) is 40.5 Å². The molecule has 1 aliphatic carbocycles. The zero-order chi connectivity index (χ0) is 27.1. The van der Waals surface area contributed by atoms with Crippen molar-refractivity contribution in [2.75, 3.05) is 5.32 Å². The first-order valence-corrected chi connectivity index (χ1v) is 14.1. The molecule has 5 heteroatoms. The first-order valence-electron chi connectivity index (χ1n) is 14.1. The van der Waals surface area contributed by atoms with Gasteiger partial charge in [0.2, 0.25) is 11.3 Å². The highest BCUT2D eigenvalue weighted by Gasteiger charge is 2.56. The number of Topliss-reactive ketones (excluding diaryl/α,β-unsaturated/α-hetero) is 1. The van der Waals surface area contributed by atoms with Crippen LogP contribution < -0.4 is 5.32 Å². The molecule has 1 aliphatic heterocycles. The van der Waals surface area contributed by atoms with E-state index in [0.717, 1.165) is 35.7 Å². The number of fused-ring (bicyclic) bond motifs is 2. The predicted molar refractivity (Wildman–Crippen MR) is 155 cm³/mol. The van der Waals surface area contributed by atoms with Gasteiger partial charge < -0.3 is 14.6 Å². The number of nitrogens with zero attached hydrogens (tertiary/aromatic N) is 1. The molecule has 4 aromatic rings. The van der Waals surface area contributed by atoms with Gasteiger partial charge in [0.15, 0.2) is 0 Å². The molecular weight excluding hydrogens is 484 g/mol. The fourth-order valence-corrected chi connectivity index (χ4v) is 6.63. The SMILES string of the molecule is CC(C)C1CC[C@@H](C)C[C@H]1OC(=O)[C@@]1(c2cn(Cc3ccccc3)c3ccccc23)Nc2ccccc2C1=O. The molecule has 0 amide bonds. The Balaban J connectivity index is 1.48. The quantitative estimate of drug-likeness (QED) is 0.216. The standard InChI is InChI=1S/C34H36N2O3/c1-22(2)25-18-17-23(3)19-31(25)39-33(38)34(32(37)27-14-7-9-15-29(27)35-34)28-21-36(20-24-11-5-4-6-12-24)30-16-10-8-13-26(28)30/h4-16,21-23,25,31,35H,17-20H2,1-3H3/t23-,25?,31-,34+/m1/s1. The van der Waals surface area contributed by atoms with E-state index in [9.17, 15) is 9.59 Å². The van der Waals surface area contributed by atoms with E-state index in [0.29, 0.717) is 35.2 Å². The molecule has 3 aromatic carbocycles. The molecule has 0 bridgehead atoms. The predicted octanol–water partition coefficient (Wildman–Crippen LogP) is 7.20. The van der Waals surface area contributed by atoms with Crippen LogP contribution in [0.2, 0.25) is 0 Å². The molecule has 0 radical (unpaired) electrons. The van der Waals surface area contributed by atoms with Crippen molar-refractivity contribution in [3.63, 3.8) is 0 Å². The Kier molecular flexibility index (Phi) is 6.54. The van der Waals surface area contributed by atoms with Crippen LogP contribution in [0.15, 0.2) is 85.1 Å². The van der Waals surface area contributed by atoms with Crippen molar-refractivity contribution in [3.8, 4) is 0 Å². The van der Waals surface area contributed by atoms with Gasteiger partial charge in [-0.15, -0.1) is 0 Å². The maximum atomic E-state index is 14.5. The molecule has 39 heavy (non-hydrogen) atoms. The van der Waals surface area contributed by atoms with E-state index in [1.165, 1.54) is 0 Å². The summed E-state index contributed by atoms with van der Waals surface area (Å²) in [6.45, 7) is 7.24. The molecule has 1 aromatic heterocycles. The number of benzene rings is 3. The number of para-hydroxylation sites is 2. The second kappa shape index (κ2) is 10.0. The number of carbonyl (C=O) groups is 2. The highest BCUT2D eigenvalue weighted by Crippen LogP contribution is 2.45. The van der Waals surface area contributed by atoms with Crippen molar-refractivity contribution in [1.29, 1.82) is 0 Å². The third-order valence-corrected chi connectivity index (χ3v) is 8.75. The van der Waals surface area contributed by atoms with Gasteiger partial charge >= 0.3 is 5.97 Å². The van der Waals surface area contributed by atoms with Crippen molar-refractivity contribution in [3.05, 3.63) is 102 Å². The molecule has 5 nitrogen and oxygen atoms in total. The number of nitrogens with one attached hydrogen (secondary N) is 1. The van der Waals surface area contributed by atoms with Crippen LogP contribution in [0.1, 0.15) is 61.5 Å². The van der Waals surface area contributed by atoms with Gasteiger partial charge in [-0.05, 0) is 54.4 Å². The maximum Gasteiger partial charge on any atom is 0.345 e. The fourth-order valence-electron chi connectivity index (χ4n) is 6.63. The zero-order valence-electron chi connectivity index (χ0n) is 22.9.